The predicted octanol–water partition coefficient (Wildman–Crippen LogP) is 2.32. The minimum Gasteiger partial charge on any atom is -0.494 e. The molecule has 0 aromatic heterocycles. The Kier molecular flexibility index (Phi) is 4.95. The second-order valence-electron chi connectivity index (χ2n) is 5.06. The molecule has 1 aliphatic rings. The number of nitro groups is 1. The van der Waals surface area contributed by atoms with Crippen LogP contribution in [0.15, 0.2) is 12.1 Å². The van der Waals surface area contributed by atoms with Crippen molar-refractivity contribution in [3.05, 3.63) is 28.1 Å². The lowest BCUT2D eigenvalue weighted by atomic mass is 10.1. The van der Waals surface area contributed by atoms with Crippen molar-refractivity contribution in [2.75, 3.05) is 31.6 Å². The van der Waals surface area contributed by atoms with E-state index < -0.39 is 10.7 Å². The van der Waals surface area contributed by atoms with Crippen LogP contribution in [0.1, 0.15) is 19.8 Å². The molecule has 1 N–H and O–H groups in total. The first kappa shape index (κ1) is 15.5. The van der Waals surface area contributed by atoms with Gasteiger partial charge in [-0.3, -0.25) is 10.1 Å². The molecule has 1 unspecified atom stereocenters. The zero-order valence-electron chi connectivity index (χ0n) is 12.3. The number of nitrogens with zero attached hydrogens (tertiary/aromatic N) is 2. The molecule has 1 atom stereocenters. The van der Waals surface area contributed by atoms with E-state index in [-0.39, 0.29) is 11.4 Å². The fourth-order valence-electron chi connectivity index (χ4n) is 2.66. The van der Waals surface area contributed by atoms with E-state index in [1.54, 1.807) is 0 Å². The van der Waals surface area contributed by atoms with Gasteiger partial charge >= 0.3 is 0 Å². The third-order valence-corrected chi connectivity index (χ3v) is 3.77. The number of nitrogens with one attached hydrogen (secondary N) is 1. The van der Waals surface area contributed by atoms with E-state index in [1.807, 2.05) is 11.8 Å². The molecule has 7 heteroatoms. The van der Waals surface area contributed by atoms with Gasteiger partial charge in [0.2, 0.25) is 0 Å². The molecule has 1 aliphatic heterocycles. The summed E-state index contributed by atoms with van der Waals surface area (Å²) in [5.74, 6) is -0.698. The Morgan fingerprint density at radius 2 is 2.33 bits per heavy atom. The maximum absolute atomic E-state index is 13.7. The van der Waals surface area contributed by atoms with E-state index in [9.17, 15) is 14.5 Å². The van der Waals surface area contributed by atoms with Crippen LogP contribution < -0.4 is 15.0 Å². The molecule has 1 heterocycles. The largest absolute Gasteiger partial charge is 0.494 e. The van der Waals surface area contributed by atoms with Gasteiger partial charge in [-0.2, -0.15) is 0 Å². The monoisotopic (exact) mass is 297 g/mol. The van der Waals surface area contributed by atoms with E-state index in [0.717, 1.165) is 25.5 Å². The lowest BCUT2D eigenvalue weighted by molar-refractivity contribution is -0.384. The minimum absolute atomic E-state index is 0.0217. The Balaban J connectivity index is 2.35. The molecule has 0 amide bonds. The summed E-state index contributed by atoms with van der Waals surface area (Å²) >= 11 is 0. The normalized spacial score (nSPS) is 17.8. The second kappa shape index (κ2) is 6.71. The fourth-order valence-corrected chi connectivity index (χ4v) is 2.66. The summed E-state index contributed by atoms with van der Waals surface area (Å²) in [6, 6.07) is 2.64. The number of methoxy groups -OCH3 is 1. The van der Waals surface area contributed by atoms with E-state index in [2.05, 4.69) is 5.32 Å². The van der Waals surface area contributed by atoms with Crippen LogP contribution in [0.3, 0.4) is 0 Å². The highest BCUT2D eigenvalue weighted by atomic mass is 19.1. The molecule has 1 aromatic carbocycles. The van der Waals surface area contributed by atoms with Crippen molar-refractivity contribution < 1.29 is 14.1 Å². The zero-order chi connectivity index (χ0) is 15.4. The van der Waals surface area contributed by atoms with Crippen LogP contribution in [0.5, 0.6) is 5.75 Å². The average molecular weight is 297 g/mol. The SMILES string of the molecule is CCN(CC1CCCN1)c1cc(OC)c(F)cc1[N+](=O)[O-]. The number of likely N-dealkylation sites (N-methyl/N-ethyl adjacent to an activating group) is 1. The molecule has 1 aromatic rings. The van der Waals surface area contributed by atoms with Gasteiger partial charge in [-0.1, -0.05) is 0 Å². The van der Waals surface area contributed by atoms with Crippen LogP contribution in [0.25, 0.3) is 0 Å². The van der Waals surface area contributed by atoms with Crippen LogP contribution >= 0.6 is 0 Å². The number of anilines is 1. The number of ether oxygens (including phenoxy) is 1. The van der Waals surface area contributed by atoms with Crippen LogP contribution in [0, 0.1) is 15.9 Å². The molecule has 0 radical (unpaired) electrons. The molecule has 0 aliphatic carbocycles. The van der Waals surface area contributed by atoms with E-state index in [4.69, 9.17) is 4.74 Å². The molecule has 0 saturated carbocycles. The predicted molar refractivity (Wildman–Crippen MR) is 78.5 cm³/mol. The molecular weight excluding hydrogens is 277 g/mol. The highest BCUT2D eigenvalue weighted by molar-refractivity contribution is 5.66. The lowest BCUT2D eigenvalue weighted by Gasteiger charge is -2.26. The number of halogens is 1. The summed E-state index contributed by atoms with van der Waals surface area (Å²) < 4.78 is 18.6. The molecule has 0 bridgehead atoms. The van der Waals surface area contributed by atoms with Crippen LogP contribution in [-0.4, -0.2) is 37.7 Å². The van der Waals surface area contributed by atoms with Crippen LogP contribution in [0.4, 0.5) is 15.8 Å². The second-order valence-corrected chi connectivity index (χ2v) is 5.06. The van der Waals surface area contributed by atoms with Crippen LogP contribution in [0.2, 0.25) is 0 Å². The maximum Gasteiger partial charge on any atom is 0.295 e. The van der Waals surface area contributed by atoms with Gasteiger partial charge in [-0.05, 0) is 26.3 Å². The summed E-state index contributed by atoms with van der Waals surface area (Å²) in [5.41, 5.74) is 0.169. The number of benzene rings is 1. The Morgan fingerprint density at radius 3 is 2.86 bits per heavy atom. The van der Waals surface area contributed by atoms with Crippen molar-refractivity contribution in [1.29, 1.82) is 0 Å². The van der Waals surface area contributed by atoms with Crippen molar-refractivity contribution in [2.24, 2.45) is 0 Å². The standard InChI is InChI=1S/C14H20FN3O3/c1-3-17(9-10-5-4-6-16-10)12-8-14(21-2)11(15)7-13(12)18(19)20/h7-8,10,16H,3-6,9H2,1-2H3. The van der Waals surface area contributed by atoms with E-state index in [1.165, 1.54) is 13.2 Å². The van der Waals surface area contributed by atoms with Gasteiger partial charge in [0, 0.05) is 25.2 Å². The average Bonchev–Trinajstić information content (AvgIpc) is 2.97. The Bertz CT molecular complexity index is 518. The topological polar surface area (TPSA) is 67.6 Å². The first-order chi connectivity index (χ1) is 10.1. The fraction of sp³-hybridized carbons (Fsp3) is 0.571. The minimum atomic E-state index is -0.719. The molecular formula is C14H20FN3O3. The van der Waals surface area contributed by atoms with Crippen molar-refractivity contribution in [1.82, 2.24) is 5.32 Å². The van der Waals surface area contributed by atoms with E-state index in [0.29, 0.717) is 24.8 Å². The van der Waals surface area contributed by atoms with Crippen molar-refractivity contribution in [3.63, 3.8) is 0 Å². The highest BCUT2D eigenvalue weighted by Gasteiger charge is 2.25. The summed E-state index contributed by atoms with van der Waals surface area (Å²) in [4.78, 5) is 12.5. The lowest BCUT2D eigenvalue weighted by Crippen LogP contribution is -2.37. The summed E-state index contributed by atoms with van der Waals surface area (Å²) in [7, 11) is 1.35. The summed E-state index contributed by atoms with van der Waals surface area (Å²) in [5, 5.41) is 14.5. The molecule has 2 rings (SSSR count). The quantitative estimate of drug-likeness (QED) is 0.644. The number of hydrogen-bond donors (Lipinski definition) is 1. The third kappa shape index (κ3) is 3.41. The third-order valence-electron chi connectivity index (χ3n) is 3.77. The molecule has 0 spiro atoms. The van der Waals surface area contributed by atoms with Crippen molar-refractivity contribution in [3.8, 4) is 5.75 Å². The summed E-state index contributed by atoms with van der Waals surface area (Å²) in [6.07, 6.45) is 2.15. The van der Waals surface area contributed by atoms with Crippen molar-refractivity contribution >= 4 is 11.4 Å². The molecule has 6 nitrogen and oxygen atoms in total. The number of nitro benzene ring substituents is 1. The van der Waals surface area contributed by atoms with Gasteiger partial charge in [0.25, 0.3) is 5.69 Å². The first-order valence-corrected chi connectivity index (χ1v) is 7.07. The molecule has 1 fully saturated rings. The molecule has 21 heavy (non-hydrogen) atoms. The Labute approximate surface area is 123 Å². The zero-order valence-corrected chi connectivity index (χ0v) is 12.3. The number of rotatable bonds is 6. The van der Waals surface area contributed by atoms with Gasteiger partial charge < -0.3 is 15.0 Å². The van der Waals surface area contributed by atoms with Gasteiger partial charge in [-0.15, -0.1) is 0 Å². The molecule has 1 saturated heterocycles. The highest BCUT2D eigenvalue weighted by Crippen LogP contribution is 2.34. The first-order valence-electron chi connectivity index (χ1n) is 7.07. The van der Waals surface area contributed by atoms with Gasteiger partial charge in [-0.25, -0.2) is 4.39 Å². The van der Waals surface area contributed by atoms with Crippen molar-refractivity contribution in [2.45, 2.75) is 25.8 Å². The molecule has 116 valence electrons. The number of hydrogen-bond acceptors (Lipinski definition) is 5. The maximum atomic E-state index is 13.7. The smallest absolute Gasteiger partial charge is 0.295 e. The van der Waals surface area contributed by atoms with Gasteiger partial charge in [0.1, 0.15) is 5.69 Å². The Hall–Kier alpha value is -1.89. The summed E-state index contributed by atoms with van der Waals surface area (Å²) in [6.45, 7) is 4.16. The Morgan fingerprint density at radius 1 is 1.57 bits per heavy atom. The van der Waals surface area contributed by atoms with Crippen LogP contribution in [-0.2, 0) is 0 Å². The van der Waals surface area contributed by atoms with Gasteiger partial charge in [0.05, 0.1) is 18.1 Å². The van der Waals surface area contributed by atoms with E-state index >= 15 is 0 Å². The van der Waals surface area contributed by atoms with Gasteiger partial charge in [0.15, 0.2) is 11.6 Å².